The third-order valence-electron chi connectivity index (χ3n) is 3.81. The van der Waals surface area contributed by atoms with Crippen LogP contribution >= 0.6 is 0 Å². The van der Waals surface area contributed by atoms with Gasteiger partial charge in [0, 0.05) is 12.0 Å². The van der Waals surface area contributed by atoms with Crippen LogP contribution in [0, 0.1) is 17.3 Å². The summed E-state index contributed by atoms with van der Waals surface area (Å²) in [5.74, 6) is 1.24. The van der Waals surface area contributed by atoms with Crippen LogP contribution in [0.3, 0.4) is 0 Å². The van der Waals surface area contributed by atoms with Gasteiger partial charge in [0.05, 0.1) is 6.61 Å². The van der Waals surface area contributed by atoms with Crippen molar-refractivity contribution in [3.8, 4) is 0 Å². The van der Waals surface area contributed by atoms with Crippen molar-refractivity contribution in [2.24, 2.45) is 17.3 Å². The lowest BCUT2D eigenvalue weighted by atomic mass is 9.74. The van der Waals surface area contributed by atoms with Crippen LogP contribution in [0.2, 0.25) is 0 Å². The molecule has 1 aliphatic heterocycles. The van der Waals surface area contributed by atoms with Gasteiger partial charge in [-0.25, -0.2) is 0 Å². The summed E-state index contributed by atoms with van der Waals surface area (Å²) in [6.45, 7) is 3.92. The third kappa shape index (κ3) is 1.52. The van der Waals surface area contributed by atoms with E-state index in [2.05, 4.69) is 6.92 Å². The zero-order chi connectivity index (χ0) is 9.31. The summed E-state index contributed by atoms with van der Waals surface area (Å²) in [6.07, 6.45) is 5.70. The molecule has 2 heteroatoms. The van der Waals surface area contributed by atoms with Gasteiger partial charge in [-0.2, -0.15) is 0 Å². The van der Waals surface area contributed by atoms with E-state index in [1.807, 2.05) is 0 Å². The normalized spacial score (nSPS) is 45.3. The Morgan fingerprint density at radius 2 is 2.31 bits per heavy atom. The second kappa shape index (κ2) is 3.41. The summed E-state index contributed by atoms with van der Waals surface area (Å²) in [5, 5.41) is 0. The van der Waals surface area contributed by atoms with E-state index in [-0.39, 0.29) is 5.41 Å². The molecule has 0 aromatic rings. The molecule has 1 heterocycles. The predicted octanol–water partition coefficient (Wildman–Crippen LogP) is 2.03. The molecule has 3 atom stereocenters. The van der Waals surface area contributed by atoms with Crippen LogP contribution in [-0.2, 0) is 9.53 Å². The number of carbonyl (C=O) groups excluding carboxylic acids is 1. The minimum absolute atomic E-state index is 0.0179. The van der Waals surface area contributed by atoms with E-state index < -0.39 is 0 Å². The molecular weight excluding hydrogens is 164 g/mol. The van der Waals surface area contributed by atoms with Crippen LogP contribution in [0.25, 0.3) is 0 Å². The summed E-state index contributed by atoms with van der Waals surface area (Å²) >= 11 is 0. The van der Waals surface area contributed by atoms with Crippen molar-refractivity contribution in [3.05, 3.63) is 0 Å². The van der Waals surface area contributed by atoms with Crippen molar-refractivity contribution in [2.75, 3.05) is 13.2 Å². The standard InChI is InChI=1S/C11H18O2/c1-9-2-4-11(6-9,8-12)10-3-5-13-7-10/h8-10H,2-7H2,1H3. The fraction of sp³-hybridized carbons (Fsp3) is 0.909. The second-order valence-electron chi connectivity index (χ2n) is 4.76. The van der Waals surface area contributed by atoms with Gasteiger partial charge in [-0.15, -0.1) is 0 Å². The van der Waals surface area contributed by atoms with Gasteiger partial charge < -0.3 is 9.53 Å². The van der Waals surface area contributed by atoms with Crippen LogP contribution in [0.5, 0.6) is 0 Å². The van der Waals surface area contributed by atoms with Crippen LogP contribution in [0.15, 0.2) is 0 Å². The quantitative estimate of drug-likeness (QED) is 0.611. The van der Waals surface area contributed by atoms with Crippen LogP contribution in [0.1, 0.15) is 32.6 Å². The zero-order valence-corrected chi connectivity index (χ0v) is 8.29. The van der Waals surface area contributed by atoms with E-state index in [0.29, 0.717) is 5.92 Å². The number of ether oxygens (including phenoxy) is 1. The Hall–Kier alpha value is -0.370. The van der Waals surface area contributed by atoms with E-state index >= 15 is 0 Å². The number of carbonyl (C=O) groups is 1. The first-order chi connectivity index (χ1) is 6.27. The average Bonchev–Trinajstić information content (AvgIpc) is 2.73. The largest absolute Gasteiger partial charge is 0.381 e. The van der Waals surface area contributed by atoms with Crippen molar-refractivity contribution in [2.45, 2.75) is 32.6 Å². The monoisotopic (exact) mass is 182 g/mol. The summed E-state index contributed by atoms with van der Waals surface area (Å²) in [4.78, 5) is 11.2. The molecule has 2 nitrogen and oxygen atoms in total. The van der Waals surface area contributed by atoms with Gasteiger partial charge in [0.2, 0.25) is 0 Å². The Labute approximate surface area is 79.7 Å². The summed E-state index contributed by atoms with van der Waals surface area (Å²) < 4.78 is 5.37. The predicted molar refractivity (Wildman–Crippen MR) is 50.4 cm³/mol. The van der Waals surface area contributed by atoms with Crippen molar-refractivity contribution < 1.29 is 9.53 Å². The number of hydrogen-bond donors (Lipinski definition) is 0. The first-order valence-electron chi connectivity index (χ1n) is 5.31. The van der Waals surface area contributed by atoms with Gasteiger partial charge in [0.1, 0.15) is 6.29 Å². The first-order valence-corrected chi connectivity index (χ1v) is 5.31. The number of aldehydes is 1. The van der Waals surface area contributed by atoms with Gasteiger partial charge in [0.15, 0.2) is 0 Å². The average molecular weight is 182 g/mol. The van der Waals surface area contributed by atoms with Crippen LogP contribution in [0.4, 0.5) is 0 Å². The molecule has 13 heavy (non-hydrogen) atoms. The smallest absolute Gasteiger partial charge is 0.126 e. The van der Waals surface area contributed by atoms with Gasteiger partial charge >= 0.3 is 0 Å². The molecule has 2 fully saturated rings. The Bertz CT molecular complexity index is 196. The summed E-state index contributed by atoms with van der Waals surface area (Å²) in [6, 6.07) is 0. The summed E-state index contributed by atoms with van der Waals surface area (Å²) in [5.41, 5.74) is -0.0179. The molecule has 0 radical (unpaired) electrons. The lowest BCUT2D eigenvalue weighted by Crippen LogP contribution is -2.30. The minimum Gasteiger partial charge on any atom is -0.381 e. The second-order valence-corrected chi connectivity index (χ2v) is 4.76. The lowest BCUT2D eigenvalue weighted by molar-refractivity contribution is -0.119. The first kappa shape index (κ1) is 9.20. The Morgan fingerprint density at radius 3 is 2.77 bits per heavy atom. The van der Waals surface area contributed by atoms with Gasteiger partial charge in [-0.05, 0) is 37.5 Å². The van der Waals surface area contributed by atoms with Crippen molar-refractivity contribution >= 4 is 6.29 Å². The molecule has 0 amide bonds. The Balaban J connectivity index is 2.10. The molecule has 0 bridgehead atoms. The third-order valence-corrected chi connectivity index (χ3v) is 3.81. The highest BCUT2D eigenvalue weighted by atomic mass is 16.5. The Morgan fingerprint density at radius 1 is 1.46 bits per heavy atom. The van der Waals surface area contributed by atoms with E-state index in [1.54, 1.807) is 0 Å². The number of hydrogen-bond acceptors (Lipinski definition) is 2. The maximum absolute atomic E-state index is 11.2. The molecule has 3 unspecified atom stereocenters. The Kier molecular flexibility index (Phi) is 2.41. The number of rotatable bonds is 2. The van der Waals surface area contributed by atoms with E-state index in [4.69, 9.17) is 4.74 Å². The van der Waals surface area contributed by atoms with Gasteiger partial charge in [0.25, 0.3) is 0 Å². The van der Waals surface area contributed by atoms with Crippen LogP contribution in [-0.4, -0.2) is 19.5 Å². The molecule has 1 saturated heterocycles. The fourth-order valence-electron chi connectivity index (χ4n) is 2.93. The highest BCUT2D eigenvalue weighted by Gasteiger charge is 2.44. The molecule has 0 spiro atoms. The lowest BCUT2D eigenvalue weighted by Gasteiger charge is -2.28. The van der Waals surface area contributed by atoms with Crippen molar-refractivity contribution in [3.63, 3.8) is 0 Å². The molecule has 2 aliphatic rings. The maximum Gasteiger partial charge on any atom is 0.126 e. The zero-order valence-electron chi connectivity index (χ0n) is 8.29. The summed E-state index contributed by atoms with van der Waals surface area (Å²) in [7, 11) is 0. The highest BCUT2D eigenvalue weighted by Crippen LogP contribution is 2.47. The molecule has 74 valence electrons. The van der Waals surface area contributed by atoms with Crippen molar-refractivity contribution in [1.82, 2.24) is 0 Å². The maximum atomic E-state index is 11.2. The van der Waals surface area contributed by atoms with E-state index in [0.717, 1.165) is 38.4 Å². The van der Waals surface area contributed by atoms with Crippen molar-refractivity contribution in [1.29, 1.82) is 0 Å². The fourth-order valence-corrected chi connectivity index (χ4v) is 2.93. The van der Waals surface area contributed by atoms with E-state index in [1.165, 1.54) is 12.7 Å². The molecular formula is C11H18O2. The van der Waals surface area contributed by atoms with Gasteiger partial charge in [-0.1, -0.05) is 6.92 Å². The molecule has 0 N–H and O–H groups in total. The minimum atomic E-state index is -0.0179. The van der Waals surface area contributed by atoms with Crippen LogP contribution < -0.4 is 0 Å². The highest BCUT2D eigenvalue weighted by molar-refractivity contribution is 5.60. The molecule has 0 aromatic heterocycles. The molecule has 0 aromatic carbocycles. The molecule has 2 rings (SSSR count). The SMILES string of the molecule is CC1CCC(C=O)(C2CCOC2)C1. The topological polar surface area (TPSA) is 26.3 Å². The van der Waals surface area contributed by atoms with E-state index in [9.17, 15) is 4.79 Å². The molecule has 1 saturated carbocycles. The molecule has 1 aliphatic carbocycles. The van der Waals surface area contributed by atoms with Gasteiger partial charge in [-0.3, -0.25) is 0 Å².